The van der Waals surface area contributed by atoms with E-state index in [-0.39, 0.29) is 0 Å². The molecule has 0 fully saturated rings. The predicted molar refractivity (Wildman–Crippen MR) is 40.3 cm³/mol. The van der Waals surface area contributed by atoms with Crippen LogP contribution in [0.15, 0.2) is 0 Å². The van der Waals surface area contributed by atoms with Crippen LogP contribution in [-0.2, 0) is 14.4 Å². The van der Waals surface area contributed by atoms with Crippen LogP contribution in [-0.4, -0.2) is 17.7 Å². The molecule has 2 N–H and O–H groups in total. The zero-order valence-electron chi connectivity index (χ0n) is 7.09. The van der Waals surface area contributed by atoms with Gasteiger partial charge in [0.05, 0.1) is 0 Å². The maximum Gasteiger partial charge on any atom is 0.337 e. The Kier molecular flexibility index (Phi) is 3.48. The number of carbonyl (C=O) groups is 1. The first-order chi connectivity index (χ1) is 4.87. The van der Waals surface area contributed by atoms with E-state index in [4.69, 9.17) is 10.6 Å². The van der Waals surface area contributed by atoms with E-state index >= 15 is 0 Å². The number of carbonyl (C=O) groups excluding carboxylic acids is 1. The molecule has 0 aliphatic rings. The predicted octanol–water partition coefficient (Wildman–Crippen LogP) is 0.421. The zero-order chi connectivity index (χ0) is 9.07. The summed E-state index contributed by atoms with van der Waals surface area (Å²) in [5.41, 5.74) is -0.522. The van der Waals surface area contributed by atoms with E-state index in [1.54, 1.807) is 20.8 Å². The van der Waals surface area contributed by atoms with Gasteiger partial charge in [-0.15, -0.1) is 0 Å². The molecule has 4 nitrogen and oxygen atoms in total. The first-order valence-electron chi connectivity index (χ1n) is 3.28. The summed E-state index contributed by atoms with van der Waals surface area (Å²) < 4.78 is 4.88. The van der Waals surface area contributed by atoms with Gasteiger partial charge < -0.3 is 4.74 Å². The minimum absolute atomic E-state index is 0.522. The Morgan fingerprint density at radius 1 is 1.55 bits per heavy atom. The van der Waals surface area contributed by atoms with Crippen LogP contribution in [0.3, 0.4) is 0 Å². The fourth-order valence-electron chi connectivity index (χ4n) is 0.423. The molecular formula is C7H14NO3. The summed E-state index contributed by atoms with van der Waals surface area (Å²) in [7, 11) is 0. The largest absolute Gasteiger partial charge is 0.458 e. The highest BCUT2D eigenvalue weighted by Crippen LogP contribution is 2.08. The molecule has 0 spiro atoms. The van der Waals surface area contributed by atoms with Crippen LogP contribution in [0.5, 0.6) is 0 Å². The molecule has 0 bridgehead atoms. The van der Waals surface area contributed by atoms with Crippen molar-refractivity contribution >= 4 is 5.97 Å². The minimum Gasteiger partial charge on any atom is -0.458 e. The molecule has 0 aliphatic heterocycles. The third kappa shape index (κ3) is 4.75. The van der Waals surface area contributed by atoms with Gasteiger partial charge in [-0.25, -0.2) is 10.7 Å². The summed E-state index contributed by atoms with van der Waals surface area (Å²) >= 11 is 0. The van der Waals surface area contributed by atoms with Crippen molar-refractivity contribution in [1.82, 2.24) is 0 Å². The molecule has 1 radical (unpaired) electrons. The van der Waals surface area contributed by atoms with Gasteiger partial charge in [0.15, 0.2) is 6.10 Å². The van der Waals surface area contributed by atoms with Gasteiger partial charge >= 0.3 is 5.97 Å². The third-order valence-corrected chi connectivity index (χ3v) is 0.834. The van der Waals surface area contributed by atoms with E-state index in [0.29, 0.717) is 0 Å². The van der Waals surface area contributed by atoms with Crippen LogP contribution in [0, 0.1) is 6.92 Å². The number of hydrogen-bond donors (Lipinski definition) is 1. The Morgan fingerprint density at radius 2 is 2.00 bits per heavy atom. The molecule has 0 aromatic heterocycles. The number of esters is 1. The Hall–Kier alpha value is -0.610. The smallest absolute Gasteiger partial charge is 0.337 e. The first-order valence-corrected chi connectivity index (χ1v) is 3.28. The van der Waals surface area contributed by atoms with E-state index < -0.39 is 17.7 Å². The lowest BCUT2D eigenvalue weighted by atomic mass is 10.2. The molecule has 0 rings (SSSR count). The van der Waals surface area contributed by atoms with Crippen LogP contribution in [0.25, 0.3) is 0 Å². The van der Waals surface area contributed by atoms with Crippen molar-refractivity contribution in [2.24, 2.45) is 5.90 Å². The summed E-state index contributed by atoms with van der Waals surface area (Å²) in [5, 5.41) is 0. The van der Waals surface area contributed by atoms with Crippen molar-refractivity contribution in [2.75, 3.05) is 0 Å². The normalized spacial score (nSPS) is 14.3. The van der Waals surface area contributed by atoms with Crippen LogP contribution >= 0.6 is 0 Å². The van der Waals surface area contributed by atoms with Gasteiger partial charge in [-0.05, 0) is 27.7 Å². The molecule has 0 amide bonds. The minimum atomic E-state index is -0.950. The summed E-state index contributed by atoms with van der Waals surface area (Å²) in [5.74, 6) is 4.17. The van der Waals surface area contributed by atoms with Gasteiger partial charge in [-0.2, -0.15) is 0 Å². The monoisotopic (exact) mass is 160 g/mol. The fourth-order valence-corrected chi connectivity index (χ4v) is 0.423. The van der Waals surface area contributed by atoms with E-state index in [1.165, 1.54) is 0 Å². The molecule has 0 aromatic carbocycles. The Labute approximate surface area is 66.6 Å². The lowest BCUT2D eigenvalue weighted by molar-refractivity contribution is -0.165. The van der Waals surface area contributed by atoms with Crippen LogP contribution < -0.4 is 5.90 Å². The standard InChI is InChI=1S/C7H14NO3/c1-5(11-8)6(9)10-7(2,3)4/h5H,1,8H2,2-4H3. The molecule has 1 unspecified atom stereocenters. The Morgan fingerprint density at radius 3 is 2.27 bits per heavy atom. The zero-order valence-corrected chi connectivity index (χ0v) is 7.09. The summed E-state index contributed by atoms with van der Waals surface area (Å²) in [6, 6.07) is 0. The van der Waals surface area contributed by atoms with E-state index in [9.17, 15) is 4.79 Å². The molecule has 0 aromatic rings. The van der Waals surface area contributed by atoms with Gasteiger partial charge in [0.25, 0.3) is 0 Å². The molecule has 65 valence electrons. The average Bonchev–Trinajstić information content (AvgIpc) is 1.82. The van der Waals surface area contributed by atoms with Crippen molar-refractivity contribution in [3.05, 3.63) is 6.92 Å². The number of ether oxygens (including phenoxy) is 1. The van der Waals surface area contributed by atoms with E-state index in [1.807, 2.05) is 0 Å². The third-order valence-electron chi connectivity index (χ3n) is 0.834. The van der Waals surface area contributed by atoms with Gasteiger partial charge in [-0.1, -0.05) is 0 Å². The average molecular weight is 160 g/mol. The van der Waals surface area contributed by atoms with Gasteiger partial charge in [0, 0.05) is 0 Å². The van der Waals surface area contributed by atoms with E-state index in [0.717, 1.165) is 0 Å². The molecule has 0 saturated heterocycles. The lowest BCUT2D eigenvalue weighted by Gasteiger charge is -2.21. The fraction of sp³-hybridized carbons (Fsp3) is 0.714. The second-order valence-electron chi connectivity index (χ2n) is 3.16. The topological polar surface area (TPSA) is 61.5 Å². The lowest BCUT2D eigenvalue weighted by Crippen LogP contribution is -2.33. The Balaban J connectivity index is 3.88. The Bertz CT molecular complexity index is 139. The maximum atomic E-state index is 10.9. The van der Waals surface area contributed by atoms with Crippen molar-refractivity contribution in [1.29, 1.82) is 0 Å². The molecule has 0 aliphatic carbocycles. The molecule has 1 atom stereocenters. The highest BCUT2D eigenvalue weighted by molar-refractivity contribution is 5.75. The van der Waals surface area contributed by atoms with Crippen molar-refractivity contribution < 1.29 is 14.4 Å². The maximum absolute atomic E-state index is 10.9. The molecular weight excluding hydrogens is 146 g/mol. The van der Waals surface area contributed by atoms with Crippen molar-refractivity contribution in [3.8, 4) is 0 Å². The molecule has 0 saturated carbocycles. The van der Waals surface area contributed by atoms with Gasteiger partial charge in [-0.3, -0.25) is 4.84 Å². The second kappa shape index (κ2) is 3.69. The molecule has 0 heterocycles. The van der Waals surface area contributed by atoms with Crippen LogP contribution in [0.4, 0.5) is 0 Å². The number of nitrogens with two attached hydrogens (primary N) is 1. The van der Waals surface area contributed by atoms with E-state index in [2.05, 4.69) is 11.8 Å². The highest BCUT2D eigenvalue weighted by Gasteiger charge is 2.21. The van der Waals surface area contributed by atoms with Crippen LogP contribution in [0.1, 0.15) is 20.8 Å². The van der Waals surface area contributed by atoms with Gasteiger partial charge in [0.1, 0.15) is 5.60 Å². The summed E-state index contributed by atoms with van der Waals surface area (Å²) in [6.07, 6.45) is -0.950. The first kappa shape index (κ1) is 10.4. The number of rotatable bonds is 2. The quantitative estimate of drug-likeness (QED) is 0.469. The summed E-state index contributed by atoms with van der Waals surface area (Å²) in [4.78, 5) is 15.1. The van der Waals surface area contributed by atoms with Crippen LogP contribution in [0.2, 0.25) is 0 Å². The SMILES string of the molecule is [CH2]C(ON)C(=O)OC(C)(C)C. The van der Waals surface area contributed by atoms with Crippen molar-refractivity contribution in [2.45, 2.75) is 32.5 Å². The van der Waals surface area contributed by atoms with Gasteiger partial charge in [0.2, 0.25) is 0 Å². The molecule has 11 heavy (non-hydrogen) atoms. The number of hydrogen-bond acceptors (Lipinski definition) is 4. The highest BCUT2D eigenvalue weighted by atomic mass is 16.7. The second-order valence-corrected chi connectivity index (χ2v) is 3.16. The summed E-state index contributed by atoms with van der Waals surface area (Å²) in [6.45, 7) is 8.59. The van der Waals surface area contributed by atoms with Crippen molar-refractivity contribution in [3.63, 3.8) is 0 Å². The molecule has 4 heteroatoms.